The minimum atomic E-state index is -1.05. The summed E-state index contributed by atoms with van der Waals surface area (Å²) in [6.45, 7) is 2.94. The zero-order valence-electron chi connectivity index (χ0n) is 10.0. The topological polar surface area (TPSA) is 88.1 Å². The lowest BCUT2D eigenvalue weighted by atomic mass is 10.3. The fraction of sp³-hybridized carbons (Fsp3) is 0.800. The molecule has 1 aliphatic heterocycles. The van der Waals surface area contributed by atoms with Gasteiger partial charge in [-0.3, -0.25) is 0 Å². The van der Waals surface area contributed by atoms with Crippen LogP contribution < -0.4 is 5.32 Å². The van der Waals surface area contributed by atoms with Gasteiger partial charge >= 0.3 is 12.0 Å². The van der Waals surface area contributed by atoms with Crippen LogP contribution in [-0.2, 0) is 14.3 Å². The Bertz CT molecular complexity index is 284. The molecule has 0 aromatic heterocycles. The van der Waals surface area contributed by atoms with E-state index in [4.69, 9.17) is 14.6 Å². The van der Waals surface area contributed by atoms with E-state index in [1.165, 1.54) is 4.90 Å². The van der Waals surface area contributed by atoms with E-state index in [2.05, 4.69) is 5.32 Å². The van der Waals surface area contributed by atoms with E-state index < -0.39 is 12.1 Å². The molecular weight excluding hydrogens is 228 g/mol. The quantitative estimate of drug-likeness (QED) is 0.699. The second-order valence-electron chi connectivity index (χ2n) is 3.95. The van der Waals surface area contributed by atoms with Gasteiger partial charge in [-0.1, -0.05) is 0 Å². The maximum Gasteiger partial charge on any atom is 0.334 e. The maximum absolute atomic E-state index is 11.8. The second kappa shape index (κ2) is 6.41. The molecule has 7 nitrogen and oxygen atoms in total. The van der Waals surface area contributed by atoms with Crippen molar-refractivity contribution in [3.63, 3.8) is 0 Å². The molecule has 1 rings (SSSR count). The first-order chi connectivity index (χ1) is 8.04. The SMILES string of the molecule is COCC(C)NC(=O)N1CCOC(C(=O)O)C1. The van der Waals surface area contributed by atoms with E-state index in [1.54, 1.807) is 7.11 Å². The summed E-state index contributed by atoms with van der Waals surface area (Å²) < 4.78 is 9.93. The van der Waals surface area contributed by atoms with Gasteiger partial charge in [0.05, 0.1) is 25.8 Å². The monoisotopic (exact) mass is 246 g/mol. The van der Waals surface area contributed by atoms with Gasteiger partial charge < -0.3 is 24.8 Å². The number of carbonyl (C=O) groups is 2. The Hall–Kier alpha value is -1.34. The highest BCUT2D eigenvalue weighted by molar-refractivity contribution is 5.77. The molecular formula is C10H18N2O5. The largest absolute Gasteiger partial charge is 0.479 e. The molecule has 7 heteroatoms. The molecule has 1 fully saturated rings. The van der Waals surface area contributed by atoms with Gasteiger partial charge in [0.25, 0.3) is 0 Å². The molecule has 2 N–H and O–H groups in total. The molecule has 1 saturated heterocycles. The van der Waals surface area contributed by atoms with E-state index in [1.807, 2.05) is 6.92 Å². The minimum absolute atomic E-state index is 0.0703. The molecule has 17 heavy (non-hydrogen) atoms. The zero-order chi connectivity index (χ0) is 12.8. The van der Waals surface area contributed by atoms with E-state index in [0.717, 1.165) is 0 Å². The van der Waals surface area contributed by atoms with Crippen molar-refractivity contribution in [3.8, 4) is 0 Å². The summed E-state index contributed by atoms with van der Waals surface area (Å²) in [7, 11) is 1.55. The first kappa shape index (κ1) is 13.7. The lowest BCUT2D eigenvalue weighted by molar-refractivity contribution is -0.154. The molecule has 0 aromatic carbocycles. The first-order valence-corrected chi connectivity index (χ1v) is 5.43. The summed E-state index contributed by atoms with van der Waals surface area (Å²) in [4.78, 5) is 23.9. The van der Waals surface area contributed by atoms with Crippen LogP contribution in [0.4, 0.5) is 4.79 Å². The van der Waals surface area contributed by atoms with Crippen molar-refractivity contribution < 1.29 is 24.2 Å². The number of hydrogen-bond acceptors (Lipinski definition) is 4. The average Bonchev–Trinajstić information content (AvgIpc) is 2.29. The van der Waals surface area contributed by atoms with E-state index in [9.17, 15) is 9.59 Å². The Kier molecular flexibility index (Phi) is 5.17. The van der Waals surface area contributed by atoms with Gasteiger partial charge in [0.15, 0.2) is 6.10 Å². The summed E-state index contributed by atoms with van der Waals surface area (Å²) in [5.41, 5.74) is 0. The third-order valence-corrected chi connectivity index (χ3v) is 2.42. The molecule has 0 radical (unpaired) electrons. The van der Waals surface area contributed by atoms with Gasteiger partial charge in [-0.15, -0.1) is 0 Å². The Morgan fingerprint density at radius 3 is 2.94 bits per heavy atom. The Morgan fingerprint density at radius 2 is 2.35 bits per heavy atom. The minimum Gasteiger partial charge on any atom is -0.479 e. The molecule has 1 heterocycles. The number of aliphatic carboxylic acids is 1. The third-order valence-electron chi connectivity index (χ3n) is 2.42. The highest BCUT2D eigenvalue weighted by Gasteiger charge is 2.29. The Balaban J connectivity index is 2.43. The molecule has 2 unspecified atom stereocenters. The van der Waals surface area contributed by atoms with Crippen LogP contribution in [0.25, 0.3) is 0 Å². The van der Waals surface area contributed by atoms with Crippen LogP contribution in [0.2, 0.25) is 0 Å². The summed E-state index contributed by atoms with van der Waals surface area (Å²) in [6, 6.07) is -0.400. The van der Waals surface area contributed by atoms with Gasteiger partial charge in [0, 0.05) is 13.7 Å². The van der Waals surface area contributed by atoms with E-state index >= 15 is 0 Å². The number of nitrogens with zero attached hydrogens (tertiary/aromatic N) is 1. The van der Waals surface area contributed by atoms with Crippen LogP contribution in [0, 0.1) is 0 Å². The molecule has 1 aliphatic rings. The predicted molar refractivity (Wildman–Crippen MR) is 58.8 cm³/mol. The lowest BCUT2D eigenvalue weighted by Gasteiger charge is -2.31. The average molecular weight is 246 g/mol. The molecule has 98 valence electrons. The van der Waals surface area contributed by atoms with Crippen LogP contribution in [0.15, 0.2) is 0 Å². The van der Waals surface area contributed by atoms with Gasteiger partial charge in [-0.25, -0.2) is 9.59 Å². The molecule has 0 saturated carbocycles. The number of hydrogen-bond donors (Lipinski definition) is 2. The third kappa shape index (κ3) is 4.20. The molecule has 0 spiro atoms. The maximum atomic E-state index is 11.8. The number of rotatable bonds is 4. The van der Waals surface area contributed by atoms with Crippen LogP contribution in [0.5, 0.6) is 0 Å². The van der Waals surface area contributed by atoms with Crippen molar-refractivity contribution in [1.82, 2.24) is 10.2 Å². The highest BCUT2D eigenvalue weighted by atomic mass is 16.5. The number of urea groups is 1. The van der Waals surface area contributed by atoms with Crippen LogP contribution in [0.1, 0.15) is 6.92 Å². The van der Waals surface area contributed by atoms with E-state index in [-0.39, 0.29) is 25.2 Å². The fourth-order valence-corrected chi connectivity index (χ4v) is 1.58. The number of nitrogens with one attached hydrogen (secondary N) is 1. The number of morpholine rings is 1. The van der Waals surface area contributed by atoms with Crippen LogP contribution in [0.3, 0.4) is 0 Å². The van der Waals surface area contributed by atoms with Crippen molar-refractivity contribution in [2.24, 2.45) is 0 Å². The Labute approximate surface area is 99.7 Å². The van der Waals surface area contributed by atoms with Gasteiger partial charge in [0.1, 0.15) is 0 Å². The number of carboxylic acids is 1. The summed E-state index contributed by atoms with van der Waals surface area (Å²) in [6.07, 6.45) is -0.938. The lowest BCUT2D eigenvalue weighted by Crippen LogP contribution is -2.53. The van der Waals surface area contributed by atoms with Crippen LogP contribution in [-0.4, -0.2) is 67.6 Å². The smallest absolute Gasteiger partial charge is 0.334 e. The van der Waals surface area contributed by atoms with Crippen molar-refractivity contribution in [2.45, 2.75) is 19.1 Å². The normalized spacial score (nSPS) is 22.0. The van der Waals surface area contributed by atoms with E-state index in [0.29, 0.717) is 13.2 Å². The predicted octanol–water partition coefficient (Wildman–Crippen LogP) is -0.484. The molecule has 0 bridgehead atoms. The van der Waals surface area contributed by atoms with Gasteiger partial charge in [-0.2, -0.15) is 0 Å². The summed E-state index contributed by atoms with van der Waals surface area (Å²) in [5, 5.41) is 11.5. The fourth-order valence-electron chi connectivity index (χ4n) is 1.58. The number of carbonyl (C=O) groups excluding carboxylic acids is 1. The Morgan fingerprint density at radius 1 is 1.65 bits per heavy atom. The number of methoxy groups -OCH3 is 1. The van der Waals surface area contributed by atoms with Crippen LogP contribution >= 0.6 is 0 Å². The zero-order valence-corrected chi connectivity index (χ0v) is 10.0. The van der Waals surface area contributed by atoms with Gasteiger partial charge in [-0.05, 0) is 6.92 Å². The molecule has 2 atom stereocenters. The highest BCUT2D eigenvalue weighted by Crippen LogP contribution is 2.05. The van der Waals surface area contributed by atoms with Crippen molar-refractivity contribution in [3.05, 3.63) is 0 Å². The van der Waals surface area contributed by atoms with Crippen molar-refractivity contribution >= 4 is 12.0 Å². The van der Waals surface area contributed by atoms with Gasteiger partial charge in [0.2, 0.25) is 0 Å². The molecule has 0 aromatic rings. The number of amides is 2. The number of ether oxygens (including phenoxy) is 2. The summed E-state index contributed by atoms with van der Waals surface area (Å²) >= 11 is 0. The second-order valence-corrected chi connectivity index (χ2v) is 3.95. The first-order valence-electron chi connectivity index (χ1n) is 5.43. The summed E-state index contributed by atoms with van der Waals surface area (Å²) in [5.74, 6) is -1.05. The standard InChI is InChI=1S/C10H18N2O5/c1-7(6-16-2)11-10(15)12-3-4-17-8(5-12)9(13)14/h7-8H,3-6H2,1-2H3,(H,11,15)(H,13,14). The van der Waals surface area contributed by atoms with Crippen molar-refractivity contribution in [2.75, 3.05) is 33.4 Å². The number of carboxylic acid groups (broad SMARTS) is 1. The molecule has 2 amide bonds. The van der Waals surface area contributed by atoms with Crippen molar-refractivity contribution in [1.29, 1.82) is 0 Å². The molecule has 0 aliphatic carbocycles.